The minimum absolute atomic E-state index is 0.119. The van der Waals surface area contributed by atoms with Gasteiger partial charge in [0.05, 0.1) is 13.2 Å². The van der Waals surface area contributed by atoms with Crippen molar-refractivity contribution in [3.8, 4) is 0 Å². The van der Waals surface area contributed by atoms with E-state index in [0.29, 0.717) is 26.1 Å². The van der Waals surface area contributed by atoms with E-state index >= 15 is 0 Å². The second-order valence-electron chi connectivity index (χ2n) is 6.62. The maximum absolute atomic E-state index is 12.4. The Morgan fingerprint density at radius 1 is 1.08 bits per heavy atom. The molecule has 24 heavy (non-hydrogen) atoms. The van der Waals surface area contributed by atoms with E-state index in [0.717, 1.165) is 45.0 Å². The highest BCUT2D eigenvalue weighted by atomic mass is 16.5. The highest BCUT2D eigenvalue weighted by molar-refractivity contribution is 5.98. The van der Waals surface area contributed by atoms with Crippen LogP contribution >= 0.6 is 0 Å². The largest absolute Gasteiger partial charge is 0.381 e. The first kappa shape index (κ1) is 17.4. The molecular weight excluding hydrogens is 306 g/mol. The Morgan fingerprint density at radius 2 is 1.71 bits per heavy atom. The first-order chi connectivity index (χ1) is 11.7. The van der Waals surface area contributed by atoms with Crippen LogP contribution in [-0.4, -0.2) is 62.4 Å². The van der Waals surface area contributed by atoms with E-state index in [-0.39, 0.29) is 5.91 Å². The number of rotatable bonds is 5. The molecule has 2 fully saturated rings. The molecule has 0 unspecified atom stereocenters. The summed E-state index contributed by atoms with van der Waals surface area (Å²) in [5.41, 5.74) is 7.46. The summed E-state index contributed by atoms with van der Waals surface area (Å²) < 4.78 is 10.6. The molecule has 0 radical (unpaired) electrons. The third kappa shape index (κ3) is 4.54. The van der Waals surface area contributed by atoms with E-state index in [1.54, 1.807) is 0 Å². The van der Waals surface area contributed by atoms with E-state index < -0.39 is 5.54 Å². The highest BCUT2D eigenvalue weighted by Crippen LogP contribution is 2.20. The number of ether oxygens (including phenoxy) is 2. The number of anilines is 1. The molecule has 0 bridgehead atoms. The second-order valence-corrected chi connectivity index (χ2v) is 6.62. The molecule has 6 heteroatoms. The maximum atomic E-state index is 12.4. The van der Waals surface area contributed by atoms with Crippen LogP contribution in [-0.2, 0) is 20.7 Å². The molecule has 2 heterocycles. The van der Waals surface area contributed by atoms with Crippen LogP contribution in [0.15, 0.2) is 24.3 Å². The quantitative estimate of drug-likeness (QED) is 0.841. The van der Waals surface area contributed by atoms with Gasteiger partial charge in [-0.15, -0.1) is 0 Å². The van der Waals surface area contributed by atoms with Crippen molar-refractivity contribution in [3.05, 3.63) is 29.8 Å². The van der Waals surface area contributed by atoms with Gasteiger partial charge in [0, 0.05) is 38.5 Å². The van der Waals surface area contributed by atoms with Gasteiger partial charge in [-0.2, -0.15) is 0 Å². The zero-order valence-electron chi connectivity index (χ0n) is 14.1. The lowest BCUT2D eigenvalue weighted by Crippen LogP contribution is -2.54. The number of nitrogens with one attached hydrogen (secondary N) is 1. The Kier molecular flexibility index (Phi) is 5.84. The summed E-state index contributed by atoms with van der Waals surface area (Å²) in [5, 5.41) is 2.94. The fourth-order valence-electron chi connectivity index (χ4n) is 3.09. The molecule has 2 aliphatic rings. The molecule has 132 valence electrons. The Morgan fingerprint density at radius 3 is 2.38 bits per heavy atom. The minimum Gasteiger partial charge on any atom is -0.381 e. The number of nitrogens with zero attached hydrogens (tertiary/aromatic N) is 1. The van der Waals surface area contributed by atoms with Gasteiger partial charge >= 0.3 is 0 Å². The van der Waals surface area contributed by atoms with Gasteiger partial charge in [-0.05, 0) is 37.0 Å². The van der Waals surface area contributed by atoms with E-state index in [1.807, 2.05) is 12.1 Å². The normalized spacial score (nSPS) is 21.4. The van der Waals surface area contributed by atoms with Gasteiger partial charge in [0.2, 0.25) is 5.91 Å². The zero-order valence-corrected chi connectivity index (χ0v) is 14.1. The fourth-order valence-corrected chi connectivity index (χ4v) is 3.09. The molecule has 3 N–H and O–H groups in total. The molecule has 0 spiro atoms. The molecule has 1 aromatic carbocycles. The first-order valence-corrected chi connectivity index (χ1v) is 8.73. The first-order valence-electron chi connectivity index (χ1n) is 8.73. The SMILES string of the molecule is NC1(C(=O)Nc2ccc(CCN3CCOCC3)cc2)CCOCC1. The van der Waals surface area contributed by atoms with Crippen molar-refractivity contribution < 1.29 is 14.3 Å². The Balaban J connectivity index is 1.49. The zero-order chi connectivity index (χ0) is 16.8. The summed E-state index contributed by atoms with van der Waals surface area (Å²) >= 11 is 0. The van der Waals surface area contributed by atoms with Crippen molar-refractivity contribution in [1.82, 2.24) is 4.90 Å². The van der Waals surface area contributed by atoms with Crippen LogP contribution in [0, 0.1) is 0 Å². The average molecular weight is 333 g/mol. The van der Waals surface area contributed by atoms with Crippen LogP contribution in [0.4, 0.5) is 5.69 Å². The number of hydrogen-bond donors (Lipinski definition) is 2. The molecule has 0 aromatic heterocycles. The highest BCUT2D eigenvalue weighted by Gasteiger charge is 2.35. The Hall–Kier alpha value is -1.47. The number of benzene rings is 1. The molecule has 0 saturated carbocycles. The van der Waals surface area contributed by atoms with E-state index in [1.165, 1.54) is 5.56 Å². The molecular formula is C18H27N3O3. The average Bonchev–Trinajstić information content (AvgIpc) is 2.62. The number of nitrogens with two attached hydrogens (primary N) is 1. The number of hydrogen-bond acceptors (Lipinski definition) is 5. The molecule has 2 aliphatic heterocycles. The number of morpholine rings is 1. The van der Waals surface area contributed by atoms with Crippen molar-refractivity contribution >= 4 is 11.6 Å². The monoisotopic (exact) mass is 333 g/mol. The van der Waals surface area contributed by atoms with Gasteiger partial charge in [0.1, 0.15) is 5.54 Å². The number of carbonyl (C=O) groups excluding carboxylic acids is 1. The van der Waals surface area contributed by atoms with Crippen molar-refractivity contribution in [1.29, 1.82) is 0 Å². The lowest BCUT2D eigenvalue weighted by molar-refractivity contribution is -0.124. The van der Waals surface area contributed by atoms with Crippen LogP contribution in [0.5, 0.6) is 0 Å². The lowest BCUT2D eigenvalue weighted by Gasteiger charge is -2.31. The van der Waals surface area contributed by atoms with Crippen molar-refractivity contribution in [2.45, 2.75) is 24.8 Å². The van der Waals surface area contributed by atoms with Crippen LogP contribution in [0.2, 0.25) is 0 Å². The summed E-state index contributed by atoms with van der Waals surface area (Å²) in [6, 6.07) is 8.05. The summed E-state index contributed by atoms with van der Waals surface area (Å²) in [5.74, 6) is -0.119. The lowest BCUT2D eigenvalue weighted by atomic mass is 9.90. The molecule has 0 aliphatic carbocycles. The van der Waals surface area contributed by atoms with E-state index in [4.69, 9.17) is 15.2 Å². The van der Waals surface area contributed by atoms with Crippen LogP contribution < -0.4 is 11.1 Å². The van der Waals surface area contributed by atoms with Crippen molar-refractivity contribution in [3.63, 3.8) is 0 Å². The maximum Gasteiger partial charge on any atom is 0.244 e. The number of carbonyl (C=O) groups is 1. The molecule has 1 amide bonds. The molecule has 6 nitrogen and oxygen atoms in total. The van der Waals surface area contributed by atoms with E-state index in [2.05, 4.69) is 22.3 Å². The third-order valence-corrected chi connectivity index (χ3v) is 4.87. The van der Waals surface area contributed by atoms with Crippen molar-refractivity contribution in [2.75, 3.05) is 51.4 Å². The third-order valence-electron chi connectivity index (χ3n) is 4.87. The van der Waals surface area contributed by atoms with Gasteiger partial charge in [0.25, 0.3) is 0 Å². The Bertz CT molecular complexity index is 535. The predicted molar refractivity (Wildman–Crippen MR) is 93.0 cm³/mol. The van der Waals surface area contributed by atoms with Gasteiger partial charge in [-0.1, -0.05) is 12.1 Å². The fraction of sp³-hybridized carbons (Fsp3) is 0.611. The summed E-state index contributed by atoms with van der Waals surface area (Å²) in [6.07, 6.45) is 2.14. The second kappa shape index (κ2) is 8.07. The summed E-state index contributed by atoms with van der Waals surface area (Å²) in [7, 11) is 0. The van der Waals surface area contributed by atoms with E-state index in [9.17, 15) is 4.79 Å². The van der Waals surface area contributed by atoms with Crippen LogP contribution in [0.1, 0.15) is 18.4 Å². The van der Waals surface area contributed by atoms with Crippen molar-refractivity contribution in [2.24, 2.45) is 5.73 Å². The standard InChI is InChI=1S/C18H27N3O3/c19-18(6-11-23-12-7-18)17(22)20-16-3-1-15(2-4-16)5-8-21-9-13-24-14-10-21/h1-4H,5-14,19H2,(H,20,22). The van der Waals surface area contributed by atoms with Gasteiger partial charge in [0.15, 0.2) is 0 Å². The molecule has 0 atom stereocenters. The number of amides is 1. The van der Waals surface area contributed by atoms with Gasteiger partial charge in [-0.3, -0.25) is 9.69 Å². The molecule has 2 saturated heterocycles. The molecule has 1 aromatic rings. The van der Waals surface area contributed by atoms with Gasteiger partial charge in [-0.25, -0.2) is 0 Å². The van der Waals surface area contributed by atoms with Gasteiger partial charge < -0.3 is 20.5 Å². The Labute approximate surface area is 143 Å². The molecule has 3 rings (SSSR count). The minimum atomic E-state index is -0.812. The van der Waals surface area contributed by atoms with Crippen LogP contribution in [0.25, 0.3) is 0 Å². The smallest absolute Gasteiger partial charge is 0.244 e. The van der Waals surface area contributed by atoms with Crippen LogP contribution in [0.3, 0.4) is 0 Å². The summed E-state index contributed by atoms with van der Waals surface area (Å²) in [6.45, 7) is 5.82. The topological polar surface area (TPSA) is 76.8 Å². The predicted octanol–water partition coefficient (Wildman–Crippen LogP) is 1.01. The summed E-state index contributed by atoms with van der Waals surface area (Å²) in [4.78, 5) is 14.8.